The Hall–Kier alpha value is -0.420. The molecule has 0 radical (unpaired) electrons. The fourth-order valence-corrected chi connectivity index (χ4v) is 4.63. The highest BCUT2D eigenvalue weighted by molar-refractivity contribution is 7.07. The first kappa shape index (κ1) is 14.5. The van der Waals surface area contributed by atoms with Crippen molar-refractivity contribution in [2.75, 3.05) is 26.2 Å². The van der Waals surface area contributed by atoms with Crippen LogP contribution in [0.4, 0.5) is 0 Å². The van der Waals surface area contributed by atoms with Gasteiger partial charge in [-0.1, -0.05) is 12.8 Å². The average molecular weight is 293 g/mol. The lowest BCUT2D eigenvalue weighted by molar-refractivity contribution is 0.0635. The molecule has 1 aliphatic heterocycles. The fourth-order valence-electron chi connectivity index (χ4n) is 3.94. The number of rotatable bonds is 4. The largest absolute Gasteiger partial charge is 0.326 e. The maximum atomic E-state index is 6.26. The third kappa shape index (κ3) is 3.08. The van der Waals surface area contributed by atoms with Gasteiger partial charge in [0.15, 0.2) is 0 Å². The van der Waals surface area contributed by atoms with Gasteiger partial charge in [-0.25, -0.2) is 0 Å². The van der Waals surface area contributed by atoms with Gasteiger partial charge in [-0.2, -0.15) is 11.3 Å². The van der Waals surface area contributed by atoms with E-state index >= 15 is 0 Å². The van der Waals surface area contributed by atoms with Crippen molar-refractivity contribution in [3.8, 4) is 0 Å². The lowest BCUT2D eigenvalue weighted by Crippen LogP contribution is -2.52. The van der Waals surface area contributed by atoms with Crippen molar-refractivity contribution >= 4 is 11.3 Å². The molecule has 2 fully saturated rings. The molecule has 0 bridgehead atoms. The van der Waals surface area contributed by atoms with Gasteiger partial charge < -0.3 is 5.73 Å². The molecule has 3 nitrogen and oxygen atoms in total. The van der Waals surface area contributed by atoms with E-state index in [4.69, 9.17) is 5.73 Å². The van der Waals surface area contributed by atoms with Gasteiger partial charge in [0, 0.05) is 38.3 Å². The molecular weight excluding hydrogens is 266 g/mol. The molecule has 1 aromatic heterocycles. The highest BCUT2D eigenvalue weighted by atomic mass is 32.1. The summed E-state index contributed by atoms with van der Waals surface area (Å²) >= 11 is 1.78. The van der Waals surface area contributed by atoms with Crippen molar-refractivity contribution in [3.05, 3.63) is 22.4 Å². The Balaban J connectivity index is 1.61. The SMILES string of the molecule is CC(N)C(c1ccsc1)N1CCN(C2CCCC2)CC1. The van der Waals surface area contributed by atoms with E-state index in [1.807, 2.05) is 0 Å². The molecule has 0 spiro atoms. The molecule has 3 rings (SSSR count). The molecule has 2 heterocycles. The summed E-state index contributed by atoms with van der Waals surface area (Å²) in [7, 11) is 0. The Labute approximate surface area is 126 Å². The summed E-state index contributed by atoms with van der Waals surface area (Å²) in [6.45, 7) is 6.92. The second-order valence-electron chi connectivity index (χ2n) is 6.37. The number of piperazine rings is 1. The van der Waals surface area contributed by atoms with Crippen LogP contribution in [0.15, 0.2) is 16.8 Å². The molecule has 0 amide bonds. The summed E-state index contributed by atoms with van der Waals surface area (Å²) in [6, 6.07) is 3.70. The van der Waals surface area contributed by atoms with Crippen LogP contribution >= 0.6 is 11.3 Å². The van der Waals surface area contributed by atoms with E-state index in [1.165, 1.54) is 57.4 Å². The Morgan fingerprint density at radius 2 is 1.90 bits per heavy atom. The molecule has 0 aromatic carbocycles. The average Bonchev–Trinajstić information content (AvgIpc) is 3.12. The van der Waals surface area contributed by atoms with Gasteiger partial charge in [-0.3, -0.25) is 9.80 Å². The van der Waals surface area contributed by atoms with Gasteiger partial charge in [0.25, 0.3) is 0 Å². The summed E-state index contributed by atoms with van der Waals surface area (Å²) in [6.07, 6.45) is 5.70. The summed E-state index contributed by atoms with van der Waals surface area (Å²) in [5.74, 6) is 0. The van der Waals surface area contributed by atoms with Gasteiger partial charge in [0.05, 0.1) is 6.04 Å². The first-order valence-electron chi connectivity index (χ1n) is 8.01. The number of nitrogens with zero attached hydrogens (tertiary/aromatic N) is 2. The first-order chi connectivity index (χ1) is 9.75. The molecule has 2 atom stereocenters. The molecule has 2 N–H and O–H groups in total. The zero-order valence-electron chi connectivity index (χ0n) is 12.5. The van der Waals surface area contributed by atoms with Crippen LogP contribution in [-0.2, 0) is 0 Å². The topological polar surface area (TPSA) is 32.5 Å². The molecule has 4 heteroatoms. The number of hydrogen-bond donors (Lipinski definition) is 1. The summed E-state index contributed by atoms with van der Waals surface area (Å²) in [5.41, 5.74) is 7.67. The molecule has 1 aromatic rings. The predicted molar refractivity (Wildman–Crippen MR) is 86.1 cm³/mol. The van der Waals surface area contributed by atoms with Crippen molar-refractivity contribution in [2.45, 2.75) is 50.7 Å². The third-order valence-electron chi connectivity index (χ3n) is 4.97. The number of hydrogen-bond acceptors (Lipinski definition) is 4. The number of thiophene rings is 1. The zero-order chi connectivity index (χ0) is 13.9. The third-order valence-corrected chi connectivity index (χ3v) is 5.67. The lowest BCUT2D eigenvalue weighted by Gasteiger charge is -2.42. The van der Waals surface area contributed by atoms with E-state index < -0.39 is 0 Å². The molecule has 1 saturated carbocycles. The van der Waals surface area contributed by atoms with Crippen LogP contribution in [0.3, 0.4) is 0 Å². The van der Waals surface area contributed by atoms with E-state index in [-0.39, 0.29) is 6.04 Å². The number of nitrogens with two attached hydrogens (primary N) is 1. The van der Waals surface area contributed by atoms with Gasteiger partial charge in [-0.15, -0.1) is 0 Å². The second kappa shape index (κ2) is 6.56. The van der Waals surface area contributed by atoms with Crippen LogP contribution in [-0.4, -0.2) is 48.1 Å². The second-order valence-corrected chi connectivity index (χ2v) is 7.15. The standard InChI is InChI=1S/C16H27N3S/c1-13(17)16(14-6-11-20-12-14)19-9-7-18(8-10-19)15-4-2-3-5-15/h6,11-13,15-16H,2-5,7-10,17H2,1H3. The van der Waals surface area contributed by atoms with Gasteiger partial charge in [-0.05, 0) is 42.2 Å². The van der Waals surface area contributed by atoms with Crippen molar-refractivity contribution in [3.63, 3.8) is 0 Å². The molecule has 2 aliphatic rings. The van der Waals surface area contributed by atoms with E-state index in [0.29, 0.717) is 6.04 Å². The van der Waals surface area contributed by atoms with Gasteiger partial charge >= 0.3 is 0 Å². The molecule has 2 unspecified atom stereocenters. The molecule has 1 saturated heterocycles. The smallest absolute Gasteiger partial charge is 0.0505 e. The van der Waals surface area contributed by atoms with E-state index in [2.05, 4.69) is 33.6 Å². The predicted octanol–water partition coefficient (Wildman–Crippen LogP) is 2.70. The quantitative estimate of drug-likeness (QED) is 0.926. The molecule has 1 aliphatic carbocycles. The van der Waals surface area contributed by atoms with Crippen LogP contribution in [0.5, 0.6) is 0 Å². The van der Waals surface area contributed by atoms with Crippen LogP contribution in [0.1, 0.15) is 44.2 Å². The Kier molecular flexibility index (Phi) is 4.76. The Morgan fingerprint density at radius 3 is 2.45 bits per heavy atom. The maximum absolute atomic E-state index is 6.26. The maximum Gasteiger partial charge on any atom is 0.0505 e. The van der Waals surface area contributed by atoms with Gasteiger partial charge in [0.2, 0.25) is 0 Å². The molecule has 112 valence electrons. The monoisotopic (exact) mass is 293 g/mol. The Morgan fingerprint density at radius 1 is 1.20 bits per heavy atom. The summed E-state index contributed by atoms with van der Waals surface area (Å²) < 4.78 is 0. The van der Waals surface area contributed by atoms with Crippen molar-refractivity contribution in [2.24, 2.45) is 5.73 Å². The minimum Gasteiger partial charge on any atom is -0.326 e. The fraction of sp³-hybridized carbons (Fsp3) is 0.750. The van der Waals surface area contributed by atoms with Crippen LogP contribution in [0, 0.1) is 0 Å². The van der Waals surface area contributed by atoms with Crippen LogP contribution in [0.25, 0.3) is 0 Å². The van der Waals surface area contributed by atoms with Crippen LogP contribution in [0.2, 0.25) is 0 Å². The normalized spacial score (nSPS) is 25.9. The van der Waals surface area contributed by atoms with E-state index in [9.17, 15) is 0 Å². The zero-order valence-corrected chi connectivity index (χ0v) is 13.3. The highest BCUT2D eigenvalue weighted by Gasteiger charge is 2.31. The minimum atomic E-state index is 0.197. The molecular formula is C16H27N3S. The van der Waals surface area contributed by atoms with Gasteiger partial charge in [0.1, 0.15) is 0 Å². The summed E-state index contributed by atoms with van der Waals surface area (Å²) in [5, 5.41) is 4.43. The summed E-state index contributed by atoms with van der Waals surface area (Å²) in [4.78, 5) is 5.31. The van der Waals surface area contributed by atoms with Crippen molar-refractivity contribution in [1.29, 1.82) is 0 Å². The van der Waals surface area contributed by atoms with E-state index in [0.717, 1.165) is 6.04 Å². The van der Waals surface area contributed by atoms with Crippen molar-refractivity contribution in [1.82, 2.24) is 9.80 Å². The highest BCUT2D eigenvalue weighted by Crippen LogP contribution is 2.29. The molecule has 20 heavy (non-hydrogen) atoms. The Bertz CT molecular complexity index is 390. The van der Waals surface area contributed by atoms with Crippen LogP contribution < -0.4 is 5.73 Å². The van der Waals surface area contributed by atoms with E-state index in [1.54, 1.807) is 11.3 Å². The minimum absolute atomic E-state index is 0.197. The van der Waals surface area contributed by atoms with Crippen molar-refractivity contribution < 1.29 is 0 Å². The first-order valence-corrected chi connectivity index (χ1v) is 8.96. The lowest BCUT2D eigenvalue weighted by atomic mass is 10.0.